The maximum atomic E-state index is 12.8. The zero-order chi connectivity index (χ0) is 21.4. The third kappa shape index (κ3) is 6.06. The summed E-state index contributed by atoms with van der Waals surface area (Å²) in [4.78, 5) is 7.86. The number of rotatable bonds is 7. The van der Waals surface area contributed by atoms with Crippen LogP contribution in [0.1, 0.15) is 5.56 Å². The molecule has 30 heavy (non-hydrogen) atoms. The fourth-order valence-corrected chi connectivity index (χ4v) is 2.38. The first kappa shape index (κ1) is 20.8. The summed E-state index contributed by atoms with van der Waals surface area (Å²) in [7, 11) is 0. The molecule has 6 nitrogen and oxygen atoms in total. The quantitative estimate of drug-likeness (QED) is 0.324. The van der Waals surface area contributed by atoms with E-state index in [4.69, 9.17) is 10.6 Å². The van der Waals surface area contributed by atoms with E-state index >= 15 is 0 Å². The van der Waals surface area contributed by atoms with Crippen LogP contribution in [0.5, 0.6) is 11.5 Å². The number of nitrogens with one attached hydrogen (secondary N) is 1. The van der Waals surface area contributed by atoms with Crippen LogP contribution in [0.3, 0.4) is 0 Å². The van der Waals surface area contributed by atoms with Gasteiger partial charge in [0.25, 0.3) is 0 Å². The number of para-hydroxylation sites is 1. The van der Waals surface area contributed by atoms with Crippen LogP contribution < -0.4 is 15.9 Å². The van der Waals surface area contributed by atoms with E-state index in [-0.39, 0.29) is 12.2 Å². The van der Waals surface area contributed by atoms with E-state index in [9.17, 15) is 13.2 Å². The summed E-state index contributed by atoms with van der Waals surface area (Å²) in [5.74, 6) is 6.73. The van der Waals surface area contributed by atoms with Crippen LogP contribution in [0.2, 0.25) is 0 Å². The molecule has 0 bridgehead atoms. The molecule has 3 rings (SSSR count). The first-order valence-electron chi connectivity index (χ1n) is 8.84. The smallest absolute Gasteiger partial charge is 0.417 e. The Hall–Kier alpha value is -3.88. The number of hydrogen-bond donors (Lipinski definition) is 2. The third-order valence-corrected chi connectivity index (χ3v) is 3.88. The van der Waals surface area contributed by atoms with Crippen molar-refractivity contribution in [1.82, 2.24) is 4.98 Å². The molecule has 2 aromatic carbocycles. The molecular formula is C21H18F3N5O. The van der Waals surface area contributed by atoms with Crippen molar-refractivity contribution in [2.24, 2.45) is 15.9 Å². The third-order valence-electron chi connectivity index (χ3n) is 3.88. The minimum absolute atomic E-state index is 0.0815. The topological polar surface area (TPSA) is 84.9 Å². The average Bonchev–Trinajstić information content (AvgIpc) is 2.75. The maximum Gasteiger partial charge on any atom is 0.417 e. The summed E-state index contributed by atoms with van der Waals surface area (Å²) in [6.07, 6.45) is -0.990. The Labute approximate surface area is 170 Å². The van der Waals surface area contributed by atoms with Gasteiger partial charge in [-0.3, -0.25) is 9.98 Å². The van der Waals surface area contributed by atoms with Crippen molar-refractivity contribution in [3.63, 3.8) is 0 Å². The molecule has 1 heterocycles. The number of halogens is 3. The van der Waals surface area contributed by atoms with E-state index in [0.717, 1.165) is 18.0 Å². The summed E-state index contributed by atoms with van der Waals surface area (Å²) >= 11 is 0. The normalized spacial score (nSPS) is 12.2. The zero-order valence-electron chi connectivity index (χ0n) is 15.7. The van der Waals surface area contributed by atoms with Crippen molar-refractivity contribution in [3.8, 4) is 11.5 Å². The highest BCUT2D eigenvalue weighted by molar-refractivity contribution is 6.32. The Kier molecular flexibility index (Phi) is 6.63. The molecule has 154 valence electrons. The Balaban J connectivity index is 1.58. The van der Waals surface area contributed by atoms with Crippen molar-refractivity contribution in [2.75, 3.05) is 11.9 Å². The van der Waals surface area contributed by atoms with Gasteiger partial charge in [0.05, 0.1) is 35.4 Å². The summed E-state index contributed by atoms with van der Waals surface area (Å²) in [6.45, 7) is 0.0815. The number of alkyl halides is 3. The molecule has 0 aliphatic rings. The molecule has 0 radical (unpaired) electrons. The lowest BCUT2D eigenvalue weighted by Gasteiger charge is -2.09. The second-order valence-corrected chi connectivity index (χ2v) is 6.10. The van der Waals surface area contributed by atoms with Crippen LogP contribution in [0, 0.1) is 0 Å². The van der Waals surface area contributed by atoms with E-state index < -0.39 is 11.7 Å². The number of anilines is 1. The van der Waals surface area contributed by atoms with Crippen molar-refractivity contribution in [1.29, 1.82) is 0 Å². The second kappa shape index (κ2) is 9.55. The van der Waals surface area contributed by atoms with Gasteiger partial charge in [-0.2, -0.15) is 18.3 Å². The SMILES string of the molecule is NN=C(C=Nc1ccc(Oc2ccccc2)cc1)CNc1cncc(C(F)(F)F)c1. The number of aromatic nitrogens is 1. The number of aliphatic imine (C=N–C) groups is 1. The van der Waals surface area contributed by atoms with Gasteiger partial charge in [0.15, 0.2) is 0 Å². The Bertz CT molecular complexity index is 1020. The molecule has 0 aliphatic carbocycles. The Morgan fingerprint density at radius 2 is 1.73 bits per heavy atom. The Morgan fingerprint density at radius 1 is 1.03 bits per heavy atom. The number of pyridine rings is 1. The molecule has 9 heteroatoms. The highest BCUT2D eigenvalue weighted by Gasteiger charge is 2.31. The van der Waals surface area contributed by atoms with E-state index in [1.807, 2.05) is 30.3 Å². The van der Waals surface area contributed by atoms with Gasteiger partial charge < -0.3 is 15.9 Å². The predicted octanol–water partition coefficient (Wildman–Crippen LogP) is 5.02. The molecule has 0 fully saturated rings. The van der Waals surface area contributed by atoms with Gasteiger partial charge in [-0.15, -0.1) is 0 Å². The molecule has 0 saturated carbocycles. The van der Waals surface area contributed by atoms with Crippen molar-refractivity contribution >= 4 is 23.3 Å². The van der Waals surface area contributed by atoms with Gasteiger partial charge in [0, 0.05) is 12.4 Å². The maximum absolute atomic E-state index is 12.8. The highest BCUT2D eigenvalue weighted by atomic mass is 19.4. The van der Waals surface area contributed by atoms with Gasteiger partial charge in [-0.1, -0.05) is 18.2 Å². The van der Waals surface area contributed by atoms with Crippen molar-refractivity contribution < 1.29 is 17.9 Å². The van der Waals surface area contributed by atoms with Gasteiger partial charge in [0.1, 0.15) is 11.5 Å². The lowest BCUT2D eigenvalue weighted by Crippen LogP contribution is -2.17. The first-order chi connectivity index (χ1) is 14.4. The van der Waals surface area contributed by atoms with Gasteiger partial charge in [-0.05, 0) is 42.5 Å². The fraction of sp³-hybridized carbons (Fsp3) is 0.0952. The van der Waals surface area contributed by atoms with Gasteiger partial charge in [0.2, 0.25) is 0 Å². The minimum Gasteiger partial charge on any atom is -0.457 e. The van der Waals surface area contributed by atoms with E-state index in [1.54, 1.807) is 24.3 Å². The van der Waals surface area contributed by atoms with Crippen molar-refractivity contribution in [3.05, 3.63) is 78.6 Å². The van der Waals surface area contributed by atoms with Crippen LogP contribution >= 0.6 is 0 Å². The monoisotopic (exact) mass is 413 g/mol. The summed E-state index contributed by atoms with van der Waals surface area (Å²) < 4.78 is 44.0. The number of nitrogens with zero attached hydrogens (tertiary/aromatic N) is 3. The molecule has 0 aliphatic heterocycles. The number of ether oxygens (including phenoxy) is 1. The molecular weight excluding hydrogens is 395 g/mol. The molecule has 0 saturated heterocycles. The molecule has 0 unspecified atom stereocenters. The van der Waals surface area contributed by atoms with Crippen molar-refractivity contribution in [2.45, 2.75) is 6.18 Å². The van der Waals surface area contributed by atoms with Crippen LogP contribution in [-0.4, -0.2) is 23.5 Å². The summed E-state index contributed by atoms with van der Waals surface area (Å²) in [6, 6.07) is 17.4. The molecule has 0 spiro atoms. The predicted molar refractivity (Wildman–Crippen MR) is 110 cm³/mol. The summed E-state index contributed by atoms with van der Waals surface area (Å²) in [5, 5.41) is 6.40. The zero-order valence-corrected chi connectivity index (χ0v) is 15.7. The largest absolute Gasteiger partial charge is 0.457 e. The molecule has 0 atom stereocenters. The molecule has 3 aromatic rings. The molecule has 0 amide bonds. The highest BCUT2D eigenvalue weighted by Crippen LogP contribution is 2.29. The van der Waals surface area contributed by atoms with Gasteiger partial charge >= 0.3 is 6.18 Å². The number of benzene rings is 2. The summed E-state index contributed by atoms with van der Waals surface area (Å²) in [5.41, 5.74) is 0.335. The Morgan fingerprint density at radius 3 is 2.40 bits per heavy atom. The van der Waals surface area contributed by atoms with E-state index in [1.165, 1.54) is 12.4 Å². The molecule has 1 aromatic heterocycles. The van der Waals surface area contributed by atoms with Gasteiger partial charge in [-0.25, -0.2) is 0 Å². The molecule has 3 N–H and O–H groups in total. The van der Waals surface area contributed by atoms with E-state index in [2.05, 4.69) is 20.4 Å². The van der Waals surface area contributed by atoms with Crippen LogP contribution in [0.15, 0.2) is 83.2 Å². The average molecular weight is 413 g/mol. The number of nitrogens with two attached hydrogens (primary N) is 1. The van der Waals surface area contributed by atoms with Crippen LogP contribution in [-0.2, 0) is 6.18 Å². The fourth-order valence-electron chi connectivity index (χ4n) is 2.38. The van der Waals surface area contributed by atoms with E-state index in [0.29, 0.717) is 17.1 Å². The lowest BCUT2D eigenvalue weighted by molar-refractivity contribution is -0.137. The number of hydrazone groups is 1. The number of hydrogen-bond acceptors (Lipinski definition) is 6. The first-order valence-corrected chi connectivity index (χ1v) is 8.84. The van der Waals surface area contributed by atoms with Crippen LogP contribution in [0.4, 0.5) is 24.5 Å². The van der Waals surface area contributed by atoms with Crippen LogP contribution in [0.25, 0.3) is 0 Å². The second-order valence-electron chi connectivity index (χ2n) is 6.10. The lowest BCUT2D eigenvalue weighted by atomic mass is 10.2. The minimum atomic E-state index is -4.46. The standard InChI is InChI=1S/C21H18F3N5O/c22-21(23,24)15-10-17(12-26-11-15)28-14-18(29-25)13-27-16-6-8-20(9-7-16)30-19-4-2-1-3-5-19/h1-13,28H,14,25H2.